The van der Waals surface area contributed by atoms with Crippen LogP contribution in [0.1, 0.15) is 29.3 Å². The van der Waals surface area contributed by atoms with Gasteiger partial charge in [-0.05, 0) is 23.3 Å². The smallest absolute Gasteiger partial charge is 0.241 e. The molecule has 0 radical (unpaired) electrons. The number of hydrogen-bond acceptors (Lipinski definition) is 5. The van der Waals surface area contributed by atoms with Crippen LogP contribution in [-0.4, -0.2) is 54.6 Å². The molecule has 31 heavy (non-hydrogen) atoms. The zero-order chi connectivity index (χ0) is 21.3. The predicted octanol–water partition coefficient (Wildman–Crippen LogP) is 3.53. The lowest BCUT2D eigenvalue weighted by atomic mass is 9.96. The maximum Gasteiger partial charge on any atom is 0.241 e. The largest absolute Gasteiger partial charge is 0.463 e. The molecule has 4 rings (SSSR count). The third kappa shape index (κ3) is 5.90. The van der Waals surface area contributed by atoms with Crippen LogP contribution in [0.5, 0.6) is 0 Å². The molecular formula is C25H28N4O2. The molecule has 2 heterocycles. The monoisotopic (exact) mass is 416 g/mol. The number of hydrogen-bond donors (Lipinski definition) is 1. The molecule has 0 aliphatic carbocycles. The Balaban J connectivity index is 1.28. The molecule has 1 saturated heterocycles. The minimum Gasteiger partial charge on any atom is -0.463 e. The van der Waals surface area contributed by atoms with Crippen LogP contribution in [-0.2, 0) is 4.79 Å². The van der Waals surface area contributed by atoms with Crippen molar-refractivity contribution < 1.29 is 9.21 Å². The summed E-state index contributed by atoms with van der Waals surface area (Å²) < 4.78 is 5.15. The summed E-state index contributed by atoms with van der Waals surface area (Å²) in [6.45, 7) is 4.55. The van der Waals surface area contributed by atoms with Crippen LogP contribution in [0.15, 0.2) is 88.6 Å². The molecule has 1 amide bonds. The summed E-state index contributed by atoms with van der Waals surface area (Å²) in [5.41, 5.74) is 5.20. The Hall–Kier alpha value is -3.22. The number of carbonyl (C=O) groups excluding carboxylic acids is 1. The molecule has 0 atom stereocenters. The summed E-state index contributed by atoms with van der Waals surface area (Å²) in [5, 5.41) is 3.93. The molecule has 1 aliphatic heterocycles. The third-order valence-electron chi connectivity index (χ3n) is 5.58. The van der Waals surface area contributed by atoms with E-state index in [1.54, 1.807) is 18.4 Å². The fraction of sp³-hybridized carbons (Fsp3) is 0.280. The predicted molar refractivity (Wildman–Crippen MR) is 122 cm³/mol. The Morgan fingerprint density at radius 2 is 1.58 bits per heavy atom. The molecule has 1 aliphatic rings. The maximum absolute atomic E-state index is 12.1. The highest BCUT2D eigenvalue weighted by Gasteiger charge is 2.26. The first-order chi connectivity index (χ1) is 15.3. The van der Waals surface area contributed by atoms with Gasteiger partial charge in [0, 0.05) is 39.1 Å². The van der Waals surface area contributed by atoms with Gasteiger partial charge >= 0.3 is 0 Å². The van der Waals surface area contributed by atoms with Crippen molar-refractivity contribution >= 4 is 12.1 Å². The highest BCUT2D eigenvalue weighted by Crippen LogP contribution is 2.29. The molecule has 0 bridgehead atoms. The van der Waals surface area contributed by atoms with Gasteiger partial charge in [-0.25, -0.2) is 5.43 Å². The molecule has 6 heteroatoms. The first-order valence-electron chi connectivity index (χ1n) is 10.7. The van der Waals surface area contributed by atoms with E-state index in [9.17, 15) is 4.79 Å². The number of nitrogens with zero attached hydrogens (tertiary/aromatic N) is 3. The fourth-order valence-electron chi connectivity index (χ4n) is 3.98. The number of hydrazone groups is 1. The Kier molecular flexibility index (Phi) is 7.26. The topological polar surface area (TPSA) is 61.1 Å². The van der Waals surface area contributed by atoms with Gasteiger partial charge in [-0.15, -0.1) is 0 Å². The van der Waals surface area contributed by atoms with E-state index in [2.05, 4.69) is 81.0 Å². The molecule has 0 unspecified atom stereocenters. The molecule has 2 aromatic carbocycles. The molecule has 6 nitrogen and oxygen atoms in total. The zero-order valence-corrected chi connectivity index (χ0v) is 17.6. The quantitative estimate of drug-likeness (QED) is 0.451. The van der Waals surface area contributed by atoms with Gasteiger partial charge in [0.1, 0.15) is 5.76 Å². The van der Waals surface area contributed by atoms with Gasteiger partial charge in [-0.3, -0.25) is 9.69 Å². The van der Waals surface area contributed by atoms with Crippen molar-refractivity contribution in [2.75, 3.05) is 32.7 Å². The number of piperazine rings is 1. The van der Waals surface area contributed by atoms with Gasteiger partial charge in [-0.2, -0.15) is 5.10 Å². The van der Waals surface area contributed by atoms with Crippen LogP contribution < -0.4 is 5.43 Å². The van der Waals surface area contributed by atoms with Gasteiger partial charge in [0.05, 0.1) is 18.5 Å². The molecule has 1 N–H and O–H groups in total. The first kappa shape index (κ1) is 21.0. The van der Waals surface area contributed by atoms with Gasteiger partial charge in [-0.1, -0.05) is 60.7 Å². The van der Waals surface area contributed by atoms with Crippen molar-refractivity contribution in [3.8, 4) is 0 Å². The molecular weight excluding hydrogens is 388 g/mol. The molecule has 1 fully saturated rings. The Labute approximate surface area is 183 Å². The van der Waals surface area contributed by atoms with E-state index < -0.39 is 0 Å². The number of furan rings is 1. The second kappa shape index (κ2) is 10.7. The van der Waals surface area contributed by atoms with Crippen LogP contribution in [0.4, 0.5) is 0 Å². The number of amides is 1. The van der Waals surface area contributed by atoms with E-state index in [4.69, 9.17) is 4.42 Å². The highest BCUT2D eigenvalue weighted by atomic mass is 16.3. The van der Waals surface area contributed by atoms with Crippen LogP contribution >= 0.6 is 0 Å². The van der Waals surface area contributed by atoms with Crippen molar-refractivity contribution in [2.24, 2.45) is 5.10 Å². The van der Waals surface area contributed by atoms with Crippen LogP contribution in [0.25, 0.3) is 0 Å². The minimum absolute atomic E-state index is 0.0864. The van der Waals surface area contributed by atoms with E-state index in [0.717, 1.165) is 32.7 Å². The summed E-state index contributed by atoms with van der Waals surface area (Å²) in [6, 6.07) is 25.2. The van der Waals surface area contributed by atoms with Crippen molar-refractivity contribution in [1.82, 2.24) is 15.2 Å². The van der Waals surface area contributed by atoms with Crippen LogP contribution in [0.3, 0.4) is 0 Å². The lowest BCUT2D eigenvalue weighted by Gasteiger charge is -2.39. The minimum atomic E-state index is -0.0864. The average Bonchev–Trinajstić information content (AvgIpc) is 3.34. The standard InChI is InChI=1S/C25H28N4O2/c30-24(27-26-20-23-12-7-19-31-23)13-14-28-15-17-29(18-16-28)25(21-8-3-1-4-9-21)22-10-5-2-6-11-22/h1-12,19-20,25H,13-18H2,(H,27,30). The van der Waals surface area contributed by atoms with Crippen molar-refractivity contribution in [1.29, 1.82) is 0 Å². The van der Waals surface area contributed by atoms with Crippen LogP contribution in [0.2, 0.25) is 0 Å². The molecule has 0 saturated carbocycles. The summed E-state index contributed by atoms with van der Waals surface area (Å²) in [6.07, 6.45) is 3.50. The van der Waals surface area contributed by atoms with Gasteiger partial charge in [0.25, 0.3) is 0 Å². The molecule has 160 valence electrons. The van der Waals surface area contributed by atoms with E-state index in [-0.39, 0.29) is 11.9 Å². The lowest BCUT2D eigenvalue weighted by Crippen LogP contribution is -2.48. The van der Waals surface area contributed by atoms with Gasteiger partial charge in [0.2, 0.25) is 5.91 Å². The Bertz CT molecular complexity index is 910. The second-order valence-electron chi connectivity index (χ2n) is 7.66. The third-order valence-corrected chi connectivity index (χ3v) is 5.58. The van der Waals surface area contributed by atoms with E-state index >= 15 is 0 Å². The summed E-state index contributed by atoms with van der Waals surface area (Å²) in [7, 11) is 0. The van der Waals surface area contributed by atoms with E-state index in [1.165, 1.54) is 17.3 Å². The van der Waals surface area contributed by atoms with Crippen LogP contribution in [0, 0.1) is 0 Å². The van der Waals surface area contributed by atoms with Crippen molar-refractivity contribution in [3.05, 3.63) is 95.9 Å². The average molecular weight is 417 g/mol. The lowest BCUT2D eigenvalue weighted by molar-refractivity contribution is -0.121. The molecule has 1 aromatic heterocycles. The first-order valence-corrected chi connectivity index (χ1v) is 10.7. The maximum atomic E-state index is 12.1. The summed E-state index contributed by atoms with van der Waals surface area (Å²) in [5.74, 6) is 0.527. The Morgan fingerprint density at radius 1 is 0.935 bits per heavy atom. The molecule has 0 spiro atoms. The number of benzene rings is 2. The van der Waals surface area contributed by atoms with E-state index in [0.29, 0.717) is 12.2 Å². The number of carbonyl (C=O) groups is 1. The van der Waals surface area contributed by atoms with Gasteiger partial charge < -0.3 is 9.32 Å². The highest BCUT2D eigenvalue weighted by molar-refractivity contribution is 5.80. The SMILES string of the molecule is O=C(CCN1CCN(C(c2ccccc2)c2ccccc2)CC1)NN=Cc1ccco1. The number of nitrogens with one attached hydrogen (secondary N) is 1. The normalized spacial score (nSPS) is 15.5. The second-order valence-corrected chi connectivity index (χ2v) is 7.66. The number of rotatable bonds is 8. The zero-order valence-electron chi connectivity index (χ0n) is 17.6. The van der Waals surface area contributed by atoms with E-state index in [1.807, 2.05) is 0 Å². The van der Waals surface area contributed by atoms with Gasteiger partial charge in [0.15, 0.2) is 0 Å². The van der Waals surface area contributed by atoms with Crippen molar-refractivity contribution in [3.63, 3.8) is 0 Å². The Morgan fingerprint density at radius 3 is 2.16 bits per heavy atom. The molecule has 3 aromatic rings. The fourth-order valence-corrected chi connectivity index (χ4v) is 3.98. The summed E-state index contributed by atoms with van der Waals surface area (Å²) in [4.78, 5) is 16.9. The summed E-state index contributed by atoms with van der Waals surface area (Å²) >= 11 is 0. The van der Waals surface area contributed by atoms with Crippen molar-refractivity contribution in [2.45, 2.75) is 12.5 Å².